The van der Waals surface area contributed by atoms with E-state index >= 15 is 0 Å². The second-order valence-electron chi connectivity index (χ2n) is 7.66. The predicted octanol–water partition coefficient (Wildman–Crippen LogP) is 2.59. The lowest BCUT2D eigenvalue weighted by Crippen LogP contribution is -2.49. The Kier molecular flexibility index (Phi) is 5.29. The van der Waals surface area contributed by atoms with Crippen molar-refractivity contribution >= 4 is 21.1 Å². The molecule has 1 N–H and O–H groups in total. The Labute approximate surface area is 155 Å². The van der Waals surface area contributed by atoms with E-state index in [-0.39, 0.29) is 0 Å². The van der Waals surface area contributed by atoms with Crippen molar-refractivity contribution in [1.82, 2.24) is 19.2 Å². The lowest BCUT2D eigenvalue weighted by atomic mass is 9.91. The third-order valence-electron chi connectivity index (χ3n) is 5.71. The molecule has 1 aliphatic heterocycles. The molecule has 0 radical (unpaired) electrons. The monoisotopic (exact) mass is 376 g/mol. The summed E-state index contributed by atoms with van der Waals surface area (Å²) >= 11 is 0. The average Bonchev–Trinajstić information content (AvgIpc) is 3.05. The van der Waals surface area contributed by atoms with Gasteiger partial charge in [0.25, 0.3) is 0 Å². The Bertz CT molecular complexity index is 801. The Morgan fingerprint density at radius 3 is 2.50 bits per heavy atom. The number of sulfonamides is 1. The van der Waals surface area contributed by atoms with Gasteiger partial charge in [-0.3, -0.25) is 4.90 Å². The minimum Gasteiger partial charge on any atom is -0.341 e. The fourth-order valence-corrected chi connectivity index (χ4v) is 6.07. The zero-order valence-corrected chi connectivity index (χ0v) is 16.0. The number of aromatic amines is 1. The summed E-state index contributed by atoms with van der Waals surface area (Å²) in [4.78, 5) is 10.3. The molecule has 1 aromatic carbocycles. The van der Waals surface area contributed by atoms with Crippen LogP contribution in [0.1, 0.15) is 37.9 Å². The van der Waals surface area contributed by atoms with Crippen LogP contribution in [0, 0.1) is 5.92 Å². The number of hydrogen-bond donors (Lipinski definition) is 1. The molecule has 6 nitrogen and oxygen atoms in total. The van der Waals surface area contributed by atoms with Crippen LogP contribution in [0.2, 0.25) is 0 Å². The predicted molar refractivity (Wildman–Crippen MR) is 103 cm³/mol. The number of aromatic nitrogens is 2. The average molecular weight is 377 g/mol. The molecule has 0 amide bonds. The first-order valence-corrected chi connectivity index (χ1v) is 11.3. The number of nitrogens with zero attached hydrogens (tertiary/aromatic N) is 3. The summed E-state index contributed by atoms with van der Waals surface area (Å²) < 4.78 is 27.2. The molecule has 1 saturated carbocycles. The summed E-state index contributed by atoms with van der Waals surface area (Å²) in [5, 5.41) is 0. The summed E-state index contributed by atoms with van der Waals surface area (Å²) in [5.74, 6) is 1.66. The van der Waals surface area contributed by atoms with E-state index in [9.17, 15) is 8.42 Å². The van der Waals surface area contributed by atoms with E-state index < -0.39 is 10.0 Å². The second kappa shape index (κ2) is 7.66. The summed E-state index contributed by atoms with van der Waals surface area (Å²) in [5.41, 5.74) is 2.03. The summed E-state index contributed by atoms with van der Waals surface area (Å²) in [6, 6.07) is 8.02. The Balaban J connectivity index is 1.31. The maximum atomic E-state index is 12.7. The SMILES string of the molecule is O=S(=O)(CC1CCCCC1)N1CCN(Cc2nc3ccccc3[nH]2)CC1. The first-order valence-electron chi connectivity index (χ1n) is 9.74. The zero-order chi connectivity index (χ0) is 18.0. The standard InChI is InChI=1S/C19H28N4O2S/c24-26(25,15-16-6-2-1-3-7-16)23-12-10-22(11-13-23)14-19-20-17-8-4-5-9-18(17)21-19/h4-5,8-9,16H,1-3,6-7,10-15H2,(H,20,21). The van der Waals surface area contributed by atoms with E-state index in [1.807, 2.05) is 24.3 Å². The van der Waals surface area contributed by atoms with Gasteiger partial charge in [-0.2, -0.15) is 4.31 Å². The van der Waals surface area contributed by atoms with Crippen molar-refractivity contribution < 1.29 is 8.42 Å². The van der Waals surface area contributed by atoms with Crippen molar-refractivity contribution in [3.8, 4) is 0 Å². The number of imidazole rings is 1. The first-order chi connectivity index (χ1) is 12.6. The van der Waals surface area contributed by atoms with Crippen LogP contribution in [0.3, 0.4) is 0 Å². The molecule has 7 heteroatoms. The Hall–Kier alpha value is -1.44. The van der Waals surface area contributed by atoms with Gasteiger partial charge in [-0.25, -0.2) is 13.4 Å². The van der Waals surface area contributed by atoms with Crippen molar-refractivity contribution in [3.63, 3.8) is 0 Å². The van der Waals surface area contributed by atoms with Gasteiger partial charge in [0.2, 0.25) is 10.0 Å². The van der Waals surface area contributed by atoms with E-state index in [4.69, 9.17) is 0 Å². The summed E-state index contributed by atoms with van der Waals surface area (Å²) in [6.07, 6.45) is 5.78. The van der Waals surface area contributed by atoms with Crippen LogP contribution < -0.4 is 0 Å². The number of para-hydroxylation sites is 2. The molecule has 0 unspecified atom stereocenters. The van der Waals surface area contributed by atoms with E-state index in [1.165, 1.54) is 19.3 Å². The molecular formula is C19H28N4O2S. The number of benzene rings is 1. The minimum atomic E-state index is -3.12. The highest BCUT2D eigenvalue weighted by atomic mass is 32.2. The van der Waals surface area contributed by atoms with Gasteiger partial charge in [-0.05, 0) is 30.9 Å². The number of H-pyrrole nitrogens is 1. The van der Waals surface area contributed by atoms with E-state index in [2.05, 4.69) is 14.9 Å². The Morgan fingerprint density at radius 1 is 1.04 bits per heavy atom. The van der Waals surface area contributed by atoms with Gasteiger partial charge in [0.05, 0.1) is 23.3 Å². The minimum absolute atomic E-state index is 0.344. The van der Waals surface area contributed by atoms with Crippen molar-refractivity contribution in [2.75, 3.05) is 31.9 Å². The molecule has 1 aliphatic carbocycles. The molecule has 2 heterocycles. The van der Waals surface area contributed by atoms with Crippen molar-refractivity contribution in [2.45, 2.75) is 38.6 Å². The highest BCUT2D eigenvalue weighted by molar-refractivity contribution is 7.89. The largest absolute Gasteiger partial charge is 0.341 e. The summed E-state index contributed by atoms with van der Waals surface area (Å²) in [6.45, 7) is 3.46. The van der Waals surface area contributed by atoms with Gasteiger partial charge in [-0.1, -0.05) is 31.4 Å². The zero-order valence-electron chi connectivity index (χ0n) is 15.2. The number of nitrogens with one attached hydrogen (secondary N) is 1. The number of hydrogen-bond acceptors (Lipinski definition) is 4. The molecule has 2 fully saturated rings. The van der Waals surface area contributed by atoms with E-state index in [0.717, 1.165) is 49.3 Å². The fourth-order valence-electron chi connectivity index (χ4n) is 4.22. The van der Waals surface area contributed by atoms with Gasteiger partial charge in [0.15, 0.2) is 0 Å². The second-order valence-corrected chi connectivity index (χ2v) is 9.67. The van der Waals surface area contributed by atoms with Crippen LogP contribution in [-0.2, 0) is 16.6 Å². The van der Waals surface area contributed by atoms with Gasteiger partial charge in [-0.15, -0.1) is 0 Å². The topological polar surface area (TPSA) is 69.3 Å². The maximum absolute atomic E-state index is 12.7. The third kappa shape index (κ3) is 4.10. The van der Waals surface area contributed by atoms with Crippen LogP contribution in [0.25, 0.3) is 11.0 Å². The summed E-state index contributed by atoms with van der Waals surface area (Å²) in [7, 11) is -3.12. The van der Waals surface area contributed by atoms with E-state index in [1.54, 1.807) is 4.31 Å². The molecule has 142 valence electrons. The van der Waals surface area contributed by atoms with Crippen molar-refractivity contribution in [3.05, 3.63) is 30.1 Å². The van der Waals surface area contributed by atoms with E-state index in [0.29, 0.717) is 24.8 Å². The third-order valence-corrected chi connectivity index (χ3v) is 7.75. The maximum Gasteiger partial charge on any atom is 0.214 e. The number of piperazine rings is 1. The van der Waals surface area contributed by atoms with Crippen LogP contribution in [0.15, 0.2) is 24.3 Å². The molecule has 0 atom stereocenters. The smallest absolute Gasteiger partial charge is 0.214 e. The van der Waals surface area contributed by atoms with Crippen LogP contribution >= 0.6 is 0 Å². The van der Waals surface area contributed by atoms with Crippen LogP contribution in [-0.4, -0.2) is 59.5 Å². The lowest BCUT2D eigenvalue weighted by molar-refractivity contribution is 0.178. The lowest BCUT2D eigenvalue weighted by Gasteiger charge is -2.34. The van der Waals surface area contributed by atoms with Crippen LogP contribution in [0.4, 0.5) is 0 Å². The normalized spacial score (nSPS) is 21.4. The fraction of sp³-hybridized carbons (Fsp3) is 0.632. The van der Waals surface area contributed by atoms with Gasteiger partial charge in [0, 0.05) is 26.2 Å². The molecule has 1 saturated heterocycles. The highest BCUT2D eigenvalue weighted by Crippen LogP contribution is 2.26. The molecule has 4 rings (SSSR count). The van der Waals surface area contributed by atoms with Crippen molar-refractivity contribution in [1.29, 1.82) is 0 Å². The molecular weight excluding hydrogens is 348 g/mol. The quantitative estimate of drug-likeness (QED) is 0.871. The van der Waals surface area contributed by atoms with Gasteiger partial charge < -0.3 is 4.98 Å². The first kappa shape index (κ1) is 17.9. The molecule has 2 aliphatic rings. The Morgan fingerprint density at radius 2 is 1.77 bits per heavy atom. The number of fused-ring (bicyclic) bond motifs is 1. The van der Waals surface area contributed by atoms with Gasteiger partial charge >= 0.3 is 0 Å². The van der Waals surface area contributed by atoms with Crippen LogP contribution in [0.5, 0.6) is 0 Å². The molecule has 26 heavy (non-hydrogen) atoms. The molecule has 1 aromatic heterocycles. The molecule has 2 aromatic rings. The van der Waals surface area contributed by atoms with Gasteiger partial charge in [0.1, 0.15) is 5.82 Å². The highest BCUT2D eigenvalue weighted by Gasteiger charge is 2.30. The molecule has 0 bridgehead atoms. The van der Waals surface area contributed by atoms with Crippen molar-refractivity contribution in [2.24, 2.45) is 5.92 Å². The number of rotatable bonds is 5. The molecule has 0 spiro atoms.